The zero-order valence-corrected chi connectivity index (χ0v) is 11.7. The van der Waals surface area contributed by atoms with Crippen LogP contribution in [0.15, 0.2) is 18.2 Å². The lowest BCUT2D eigenvalue weighted by molar-refractivity contribution is -0.140. The Labute approximate surface area is 122 Å². The minimum absolute atomic E-state index is 0. The fraction of sp³-hybridized carbons (Fsp3) is 0.571. The van der Waals surface area contributed by atoms with E-state index in [0.29, 0.717) is 0 Å². The Balaban J connectivity index is 0.00000200. The Morgan fingerprint density at radius 1 is 1.10 bits per heavy atom. The average Bonchev–Trinajstić information content (AvgIpc) is 2.38. The second-order valence-electron chi connectivity index (χ2n) is 5.13. The molecular formula is C14H18ClF4N. The summed E-state index contributed by atoms with van der Waals surface area (Å²) in [7, 11) is 0. The van der Waals surface area contributed by atoms with E-state index in [2.05, 4.69) is 0 Å². The quantitative estimate of drug-likeness (QED) is 0.777. The molecule has 0 aliphatic heterocycles. The third-order valence-electron chi connectivity index (χ3n) is 3.85. The molecule has 0 unspecified atom stereocenters. The summed E-state index contributed by atoms with van der Waals surface area (Å²) in [4.78, 5) is 0. The second-order valence-corrected chi connectivity index (χ2v) is 5.13. The Morgan fingerprint density at radius 3 is 2.25 bits per heavy atom. The maximum absolute atomic E-state index is 14.0. The first-order valence-electron chi connectivity index (χ1n) is 6.52. The molecule has 0 radical (unpaired) electrons. The largest absolute Gasteiger partial charge is 0.419 e. The van der Waals surface area contributed by atoms with E-state index in [1.807, 2.05) is 0 Å². The number of benzene rings is 1. The van der Waals surface area contributed by atoms with Crippen molar-refractivity contribution in [2.24, 2.45) is 11.7 Å². The fourth-order valence-electron chi connectivity index (χ4n) is 2.77. The van der Waals surface area contributed by atoms with E-state index in [0.717, 1.165) is 38.2 Å². The van der Waals surface area contributed by atoms with E-state index >= 15 is 0 Å². The van der Waals surface area contributed by atoms with Crippen molar-refractivity contribution in [3.63, 3.8) is 0 Å². The maximum Gasteiger partial charge on any atom is 0.419 e. The molecule has 1 aliphatic rings. The Kier molecular flexibility index (Phi) is 5.83. The van der Waals surface area contributed by atoms with Gasteiger partial charge in [-0.15, -0.1) is 12.4 Å². The monoisotopic (exact) mass is 311 g/mol. The number of rotatable bonds is 2. The molecule has 0 amide bonds. The topological polar surface area (TPSA) is 26.0 Å². The van der Waals surface area contributed by atoms with E-state index in [1.54, 1.807) is 0 Å². The molecule has 1 nitrogen and oxygen atoms in total. The second kappa shape index (κ2) is 6.76. The molecule has 0 spiro atoms. The molecule has 1 atom stereocenters. The lowest BCUT2D eigenvalue weighted by Gasteiger charge is -2.28. The molecule has 1 saturated carbocycles. The van der Waals surface area contributed by atoms with E-state index in [-0.39, 0.29) is 23.9 Å². The van der Waals surface area contributed by atoms with Gasteiger partial charge in [0.15, 0.2) is 0 Å². The minimum atomic E-state index is -4.67. The van der Waals surface area contributed by atoms with Gasteiger partial charge in [0.25, 0.3) is 0 Å². The van der Waals surface area contributed by atoms with Gasteiger partial charge in [0.05, 0.1) is 5.56 Å². The zero-order chi connectivity index (χ0) is 14.0. The summed E-state index contributed by atoms with van der Waals surface area (Å²) in [6.45, 7) is 0. The molecule has 1 aliphatic carbocycles. The Hall–Kier alpha value is -0.810. The fourth-order valence-corrected chi connectivity index (χ4v) is 2.77. The normalized spacial score (nSPS) is 18.4. The van der Waals surface area contributed by atoms with Crippen molar-refractivity contribution in [2.75, 3.05) is 0 Å². The molecule has 2 N–H and O–H groups in total. The van der Waals surface area contributed by atoms with Crippen molar-refractivity contribution in [1.29, 1.82) is 0 Å². The van der Waals surface area contributed by atoms with E-state index in [4.69, 9.17) is 5.73 Å². The van der Waals surface area contributed by atoms with Gasteiger partial charge in [-0.3, -0.25) is 0 Å². The van der Waals surface area contributed by atoms with Crippen molar-refractivity contribution < 1.29 is 17.6 Å². The van der Waals surface area contributed by atoms with E-state index in [1.165, 1.54) is 12.1 Å². The average molecular weight is 312 g/mol. The summed E-state index contributed by atoms with van der Waals surface area (Å²) in [6.07, 6.45) is 0.187. The van der Waals surface area contributed by atoms with Crippen LogP contribution in [0, 0.1) is 11.7 Å². The Bertz CT molecular complexity index is 441. The van der Waals surface area contributed by atoms with Crippen LogP contribution < -0.4 is 5.73 Å². The van der Waals surface area contributed by atoms with Crippen LogP contribution in [0.2, 0.25) is 0 Å². The van der Waals surface area contributed by atoms with E-state index < -0.39 is 23.6 Å². The summed E-state index contributed by atoms with van der Waals surface area (Å²) in [5.41, 5.74) is 4.74. The smallest absolute Gasteiger partial charge is 0.324 e. The lowest BCUT2D eigenvalue weighted by Crippen LogP contribution is -2.25. The molecule has 0 heterocycles. The zero-order valence-electron chi connectivity index (χ0n) is 10.9. The molecule has 114 valence electrons. The highest BCUT2D eigenvalue weighted by Crippen LogP contribution is 2.37. The van der Waals surface area contributed by atoms with Crippen LogP contribution in [0.25, 0.3) is 0 Å². The van der Waals surface area contributed by atoms with Gasteiger partial charge in [-0.25, -0.2) is 4.39 Å². The summed E-state index contributed by atoms with van der Waals surface area (Å²) >= 11 is 0. The highest BCUT2D eigenvalue weighted by atomic mass is 35.5. The molecule has 0 bridgehead atoms. The highest BCUT2D eigenvalue weighted by molar-refractivity contribution is 5.85. The van der Waals surface area contributed by atoms with Gasteiger partial charge >= 0.3 is 6.18 Å². The van der Waals surface area contributed by atoms with Crippen LogP contribution in [-0.2, 0) is 6.18 Å². The highest BCUT2D eigenvalue weighted by Gasteiger charge is 2.36. The van der Waals surface area contributed by atoms with Crippen LogP contribution in [0.5, 0.6) is 0 Å². The van der Waals surface area contributed by atoms with Gasteiger partial charge in [-0.1, -0.05) is 31.4 Å². The first-order valence-corrected chi connectivity index (χ1v) is 6.52. The van der Waals surface area contributed by atoms with Crippen LogP contribution in [0.4, 0.5) is 17.6 Å². The standard InChI is InChI=1S/C14H17F4N.ClH/c15-12-10(7-4-8-11(12)14(16,17)18)13(19)9-5-2-1-3-6-9;/h4,7-9,13H,1-3,5-6,19H2;1H/t13-;/m1./s1. The molecule has 6 heteroatoms. The van der Waals surface area contributed by atoms with Gasteiger partial charge in [0.2, 0.25) is 0 Å². The van der Waals surface area contributed by atoms with Gasteiger partial charge in [-0.2, -0.15) is 13.2 Å². The van der Waals surface area contributed by atoms with E-state index in [9.17, 15) is 17.6 Å². The predicted octanol–water partition coefficient (Wildman–Crippen LogP) is 4.85. The number of hydrogen-bond donors (Lipinski definition) is 1. The predicted molar refractivity (Wildman–Crippen MR) is 72.2 cm³/mol. The van der Waals surface area contributed by atoms with Crippen LogP contribution >= 0.6 is 12.4 Å². The minimum Gasteiger partial charge on any atom is -0.324 e. The van der Waals surface area contributed by atoms with Crippen molar-refractivity contribution in [1.82, 2.24) is 0 Å². The molecule has 0 aromatic heterocycles. The Morgan fingerprint density at radius 2 is 1.70 bits per heavy atom. The summed E-state index contributed by atoms with van der Waals surface area (Å²) in [5, 5.41) is 0. The molecule has 20 heavy (non-hydrogen) atoms. The van der Waals surface area contributed by atoms with Gasteiger partial charge in [0, 0.05) is 11.6 Å². The molecule has 2 rings (SSSR count). The van der Waals surface area contributed by atoms with Gasteiger partial charge < -0.3 is 5.73 Å². The van der Waals surface area contributed by atoms with Crippen molar-refractivity contribution in [3.8, 4) is 0 Å². The van der Waals surface area contributed by atoms with Crippen LogP contribution in [0.3, 0.4) is 0 Å². The van der Waals surface area contributed by atoms with Gasteiger partial charge in [-0.05, 0) is 24.8 Å². The number of nitrogens with two attached hydrogens (primary N) is 1. The number of alkyl halides is 3. The number of hydrogen-bond acceptors (Lipinski definition) is 1. The molecular weight excluding hydrogens is 294 g/mol. The third-order valence-corrected chi connectivity index (χ3v) is 3.85. The van der Waals surface area contributed by atoms with Gasteiger partial charge in [0.1, 0.15) is 5.82 Å². The first kappa shape index (κ1) is 17.2. The summed E-state index contributed by atoms with van der Waals surface area (Å²) < 4.78 is 51.9. The first-order chi connectivity index (χ1) is 8.91. The van der Waals surface area contributed by atoms with Crippen molar-refractivity contribution >= 4 is 12.4 Å². The summed E-state index contributed by atoms with van der Waals surface area (Å²) in [5.74, 6) is -1.14. The number of halogens is 5. The van der Waals surface area contributed by atoms with Crippen LogP contribution in [-0.4, -0.2) is 0 Å². The molecule has 1 fully saturated rings. The van der Waals surface area contributed by atoms with Crippen molar-refractivity contribution in [3.05, 3.63) is 35.1 Å². The molecule has 1 aromatic carbocycles. The lowest BCUT2D eigenvalue weighted by atomic mass is 9.81. The SMILES string of the molecule is Cl.N[C@@H](c1cccc(C(F)(F)F)c1F)C1CCCCC1. The molecule has 0 saturated heterocycles. The van der Waals surface area contributed by atoms with Crippen molar-refractivity contribution in [2.45, 2.75) is 44.3 Å². The van der Waals surface area contributed by atoms with Crippen LogP contribution in [0.1, 0.15) is 49.3 Å². The third kappa shape index (κ3) is 3.64. The maximum atomic E-state index is 14.0. The summed E-state index contributed by atoms with van der Waals surface area (Å²) in [6, 6.07) is 2.70. The molecule has 1 aromatic rings.